The zero-order valence-electron chi connectivity index (χ0n) is 10.5. The van der Waals surface area contributed by atoms with Crippen LogP contribution in [0.1, 0.15) is 37.8 Å². The molecule has 88 valence electrons. The van der Waals surface area contributed by atoms with Crippen LogP contribution < -0.4 is 0 Å². The topological polar surface area (TPSA) is 17.1 Å². The quantitative estimate of drug-likeness (QED) is 0.789. The van der Waals surface area contributed by atoms with Gasteiger partial charge in [0.05, 0.1) is 5.92 Å². The summed E-state index contributed by atoms with van der Waals surface area (Å²) in [4.78, 5) is 11.5. The van der Waals surface area contributed by atoms with Crippen molar-refractivity contribution in [3.05, 3.63) is 35.4 Å². The molecule has 1 nitrogen and oxygen atoms in total. The number of hydrogen-bond acceptors (Lipinski definition) is 2. The Morgan fingerprint density at radius 1 is 1.19 bits per heavy atom. The Balaban J connectivity index is 2.74. The summed E-state index contributed by atoms with van der Waals surface area (Å²) >= 11 is 1.30. The van der Waals surface area contributed by atoms with Gasteiger partial charge in [-0.15, -0.1) is 0 Å². The molecule has 0 unspecified atom stereocenters. The van der Waals surface area contributed by atoms with Crippen molar-refractivity contribution in [1.29, 1.82) is 0 Å². The number of carbonyl (C=O) groups excluding carboxylic acids is 1. The molecule has 0 aromatic heterocycles. The fraction of sp³-hybridized carbons (Fsp3) is 0.500. The van der Waals surface area contributed by atoms with Gasteiger partial charge in [-0.2, -0.15) is 0 Å². The third-order valence-corrected chi connectivity index (χ3v) is 3.43. The van der Waals surface area contributed by atoms with E-state index in [1.54, 1.807) is 0 Å². The molecule has 0 amide bonds. The van der Waals surface area contributed by atoms with Crippen LogP contribution in [0.25, 0.3) is 0 Å². The number of hydrogen-bond donors (Lipinski definition) is 0. The third-order valence-electron chi connectivity index (χ3n) is 2.68. The molecule has 1 aromatic carbocycles. The van der Waals surface area contributed by atoms with E-state index >= 15 is 0 Å². The van der Waals surface area contributed by atoms with Crippen molar-refractivity contribution in [3.8, 4) is 0 Å². The van der Waals surface area contributed by atoms with Crippen LogP contribution in [-0.2, 0) is 11.2 Å². The van der Waals surface area contributed by atoms with Crippen LogP contribution in [0.4, 0.5) is 0 Å². The first-order valence-electron chi connectivity index (χ1n) is 5.71. The molecule has 16 heavy (non-hydrogen) atoms. The summed E-state index contributed by atoms with van der Waals surface area (Å²) in [6.45, 7) is 6.40. The first-order valence-corrected chi connectivity index (χ1v) is 6.93. The highest BCUT2D eigenvalue weighted by molar-refractivity contribution is 8.13. The van der Waals surface area contributed by atoms with Gasteiger partial charge in [0.1, 0.15) is 0 Å². The third kappa shape index (κ3) is 3.67. The second-order valence-corrected chi connectivity index (χ2v) is 5.40. The van der Waals surface area contributed by atoms with Crippen molar-refractivity contribution in [1.82, 2.24) is 0 Å². The zero-order chi connectivity index (χ0) is 12.1. The monoisotopic (exact) mass is 236 g/mol. The van der Waals surface area contributed by atoms with Gasteiger partial charge in [-0.25, -0.2) is 0 Å². The molecule has 1 aromatic rings. The number of rotatable bonds is 4. The van der Waals surface area contributed by atoms with Crippen LogP contribution in [0.3, 0.4) is 0 Å². The molecule has 1 atom stereocenters. The Hall–Kier alpha value is -0.760. The molecule has 0 N–H and O–H groups in total. The minimum Gasteiger partial charge on any atom is -0.287 e. The zero-order valence-corrected chi connectivity index (χ0v) is 11.3. The number of carbonyl (C=O) groups is 1. The molecule has 0 fully saturated rings. The number of thioether (sulfide) groups is 1. The lowest BCUT2D eigenvalue weighted by Gasteiger charge is -2.10. The summed E-state index contributed by atoms with van der Waals surface area (Å²) < 4.78 is 0. The Morgan fingerprint density at radius 2 is 1.75 bits per heavy atom. The molecule has 1 rings (SSSR count). The molecular weight excluding hydrogens is 216 g/mol. The molecule has 2 heteroatoms. The molecule has 0 saturated carbocycles. The van der Waals surface area contributed by atoms with E-state index in [2.05, 4.69) is 38.1 Å². The van der Waals surface area contributed by atoms with E-state index in [9.17, 15) is 4.79 Å². The summed E-state index contributed by atoms with van der Waals surface area (Å²) in [5, 5.41) is 0.233. The van der Waals surface area contributed by atoms with E-state index < -0.39 is 0 Å². The first kappa shape index (κ1) is 13.3. The average Bonchev–Trinajstić information content (AvgIpc) is 2.27. The van der Waals surface area contributed by atoms with E-state index in [1.807, 2.05) is 13.2 Å². The number of benzene rings is 1. The molecule has 0 heterocycles. The fourth-order valence-electron chi connectivity index (χ4n) is 1.73. The maximum absolute atomic E-state index is 11.5. The summed E-state index contributed by atoms with van der Waals surface area (Å²) in [6, 6.07) is 8.44. The first-order chi connectivity index (χ1) is 7.54. The average molecular weight is 236 g/mol. The highest BCUT2D eigenvalue weighted by atomic mass is 32.2. The summed E-state index contributed by atoms with van der Waals surface area (Å²) in [7, 11) is 0. The Kier molecular flexibility index (Phi) is 5.07. The van der Waals surface area contributed by atoms with E-state index in [1.165, 1.54) is 17.3 Å². The van der Waals surface area contributed by atoms with Crippen molar-refractivity contribution >= 4 is 16.9 Å². The lowest BCUT2D eigenvalue weighted by Crippen LogP contribution is -2.04. The maximum Gasteiger partial charge on any atom is 0.195 e. The van der Waals surface area contributed by atoms with E-state index in [-0.39, 0.29) is 11.0 Å². The van der Waals surface area contributed by atoms with Crippen LogP contribution in [0.15, 0.2) is 24.3 Å². The minimum atomic E-state index is 0.00287. The Bertz CT molecular complexity index is 340. The Labute approximate surface area is 103 Å². The minimum absolute atomic E-state index is 0.00287. The fourth-order valence-corrected chi connectivity index (χ4v) is 2.22. The molecule has 0 spiro atoms. The molecule has 0 aliphatic rings. The van der Waals surface area contributed by atoms with E-state index in [0.717, 1.165) is 12.0 Å². The normalized spacial score (nSPS) is 12.8. The van der Waals surface area contributed by atoms with Gasteiger partial charge >= 0.3 is 0 Å². The highest BCUT2D eigenvalue weighted by Crippen LogP contribution is 2.21. The maximum atomic E-state index is 11.5. The lowest BCUT2D eigenvalue weighted by atomic mass is 9.97. The van der Waals surface area contributed by atoms with Gasteiger partial charge in [0, 0.05) is 0 Å². The summed E-state index contributed by atoms with van der Waals surface area (Å²) in [5.74, 6) is 0.680. The SMILES string of the molecule is CSC(=O)[C@@H](C)c1ccc(CC(C)C)cc1. The van der Waals surface area contributed by atoms with Crippen molar-refractivity contribution in [2.24, 2.45) is 5.92 Å². The van der Waals surface area contributed by atoms with Gasteiger partial charge in [0.15, 0.2) is 5.12 Å². The van der Waals surface area contributed by atoms with E-state index in [0.29, 0.717) is 5.92 Å². The highest BCUT2D eigenvalue weighted by Gasteiger charge is 2.13. The van der Waals surface area contributed by atoms with Gasteiger partial charge in [-0.3, -0.25) is 4.79 Å². The lowest BCUT2D eigenvalue weighted by molar-refractivity contribution is -0.111. The van der Waals surface area contributed by atoms with Crippen LogP contribution in [0.5, 0.6) is 0 Å². The van der Waals surface area contributed by atoms with Crippen molar-refractivity contribution in [2.75, 3.05) is 6.26 Å². The Morgan fingerprint density at radius 3 is 2.19 bits per heavy atom. The van der Waals surface area contributed by atoms with Crippen LogP contribution in [-0.4, -0.2) is 11.4 Å². The van der Waals surface area contributed by atoms with Gasteiger partial charge in [0.2, 0.25) is 0 Å². The summed E-state index contributed by atoms with van der Waals surface area (Å²) in [6.07, 6.45) is 2.94. The second kappa shape index (κ2) is 6.09. The van der Waals surface area contributed by atoms with Crippen molar-refractivity contribution < 1.29 is 4.79 Å². The van der Waals surface area contributed by atoms with E-state index in [4.69, 9.17) is 0 Å². The standard InChI is InChI=1S/C14H20OS/c1-10(2)9-12-5-7-13(8-6-12)11(3)14(15)16-4/h5-8,10-11H,9H2,1-4H3/t11-/m0/s1. The molecule has 0 aliphatic carbocycles. The van der Waals surface area contributed by atoms with Crippen molar-refractivity contribution in [3.63, 3.8) is 0 Å². The molecule has 0 aliphatic heterocycles. The van der Waals surface area contributed by atoms with Crippen LogP contribution >= 0.6 is 11.8 Å². The van der Waals surface area contributed by atoms with Gasteiger partial charge in [0.25, 0.3) is 0 Å². The predicted octanol–water partition coefficient (Wildman–Crippen LogP) is 3.88. The summed E-state index contributed by atoms with van der Waals surface area (Å²) in [5.41, 5.74) is 2.47. The largest absolute Gasteiger partial charge is 0.287 e. The second-order valence-electron chi connectivity index (χ2n) is 4.58. The smallest absolute Gasteiger partial charge is 0.195 e. The van der Waals surface area contributed by atoms with Gasteiger partial charge in [-0.05, 0) is 29.7 Å². The molecular formula is C14H20OS. The molecule has 0 radical (unpaired) electrons. The molecule has 0 bridgehead atoms. The van der Waals surface area contributed by atoms with Gasteiger partial charge < -0.3 is 0 Å². The van der Waals surface area contributed by atoms with Crippen LogP contribution in [0.2, 0.25) is 0 Å². The van der Waals surface area contributed by atoms with Gasteiger partial charge in [-0.1, -0.05) is 56.8 Å². The predicted molar refractivity (Wildman–Crippen MR) is 71.9 cm³/mol. The molecule has 0 saturated heterocycles. The van der Waals surface area contributed by atoms with Crippen LogP contribution in [0, 0.1) is 5.92 Å². The van der Waals surface area contributed by atoms with Crippen molar-refractivity contribution in [2.45, 2.75) is 33.1 Å².